The normalized spacial score (nSPS) is 10.8. The van der Waals surface area contributed by atoms with Crippen LogP contribution in [0.4, 0.5) is 0 Å². The van der Waals surface area contributed by atoms with E-state index in [0.717, 1.165) is 27.8 Å². The van der Waals surface area contributed by atoms with Crippen LogP contribution in [0.15, 0.2) is 61.2 Å². The smallest absolute Gasteiger partial charge is 0.235 e. The number of rotatable bonds is 8. The first kappa shape index (κ1) is 18.0. The van der Waals surface area contributed by atoms with Crippen molar-refractivity contribution in [3.63, 3.8) is 0 Å². The molecule has 0 unspecified atom stereocenters. The molecule has 7 nitrogen and oxygen atoms in total. The molecule has 0 aliphatic heterocycles. The minimum absolute atomic E-state index is 0.263. The third kappa shape index (κ3) is 3.81. The fourth-order valence-electron chi connectivity index (χ4n) is 2.56. The Hall–Kier alpha value is -3.39. The molecule has 0 aliphatic carbocycles. The van der Waals surface area contributed by atoms with Gasteiger partial charge in [-0.05, 0) is 36.4 Å². The van der Waals surface area contributed by atoms with Gasteiger partial charge in [-0.15, -0.1) is 10.2 Å². The van der Waals surface area contributed by atoms with Crippen LogP contribution in [-0.4, -0.2) is 33.5 Å². The molecule has 142 valence electrons. The summed E-state index contributed by atoms with van der Waals surface area (Å²) in [5.74, 6) is 2.90. The Kier molecular flexibility index (Phi) is 5.20. The van der Waals surface area contributed by atoms with Crippen molar-refractivity contribution in [1.29, 1.82) is 0 Å². The van der Waals surface area contributed by atoms with Gasteiger partial charge in [-0.25, -0.2) is 0 Å². The van der Waals surface area contributed by atoms with Gasteiger partial charge in [0.2, 0.25) is 4.96 Å². The Morgan fingerprint density at radius 2 is 1.86 bits per heavy atom. The first-order chi connectivity index (χ1) is 13.8. The largest absolute Gasteiger partial charge is 0.497 e. The van der Waals surface area contributed by atoms with E-state index in [-0.39, 0.29) is 6.61 Å². The quantitative estimate of drug-likeness (QED) is 0.421. The molecule has 0 radical (unpaired) electrons. The van der Waals surface area contributed by atoms with Gasteiger partial charge in [0, 0.05) is 5.56 Å². The number of nitrogens with zero attached hydrogens (tertiary/aromatic N) is 4. The Morgan fingerprint density at radius 1 is 1.04 bits per heavy atom. The molecule has 28 heavy (non-hydrogen) atoms. The van der Waals surface area contributed by atoms with E-state index < -0.39 is 0 Å². The molecule has 8 heteroatoms. The van der Waals surface area contributed by atoms with Crippen molar-refractivity contribution < 1.29 is 14.2 Å². The Bertz CT molecular complexity index is 1090. The van der Waals surface area contributed by atoms with Crippen LogP contribution in [0.2, 0.25) is 0 Å². The molecular weight excluding hydrogens is 376 g/mol. The molecule has 2 aromatic carbocycles. The Balaban J connectivity index is 1.52. The molecule has 2 aromatic heterocycles. The van der Waals surface area contributed by atoms with E-state index >= 15 is 0 Å². The van der Waals surface area contributed by atoms with Gasteiger partial charge in [0.05, 0.1) is 7.11 Å². The fraction of sp³-hybridized carbons (Fsp3) is 0.150. The molecule has 0 saturated carbocycles. The zero-order chi connectivity index (χ0) is 19.3. The topological polar surface area (TPSA) is 70.8 Å². The summed E-state index contributed by atoms with van der Waals surface area (Å²) in [7, 11) is 1.63. The fourth-order valence-corrected chi connectivity index (χ4v) is 3.41. The van der Waals surface area contributed by atoms with Crippen molar-refractivity contribution in [1.82, 2.24) is 19.8 Å². The van der Waals surface area contributed by atoms with Gasteiger partial charge < -0.3 is 14.2 Å². The van der Waals surface area contributed by atoms with E-state index in [1.54, 1.807) is 17.7 Å². The zero-order valence-corrected chi connectivity index (χ0v) is 16.1. The van der Waals surface area contributed by atoms with Gasteiger partial charge in [-0.2, -0.15) is 9.61 Å². The van der Waals surface area contributed by atoms with E-state index in [1.165, 1.54) is 11.3 Å². The van der Waals surface area contributed by atoms with Crippen molar-refractivity contribution in [3.8, 4) is 27.8 Å². The van der Waals surface area contributed by atoms with Gasteiger partial charge in [-0.3, -0.25) is 0 Å². The van der Waals surface area contributed by atoms with Crippen LogP contribution in [-0.2, 0) is 6.61 Å². The van der Waals surface area contributed by atoms with Crippen molar-refractivity contribution in [2.24, 2.45) is 0 Å². The monoisotopic (exact) mass is 394 g/mol. The maximum Gasteiger partial charge on any atom is 0.235 e. The van der Waals surface area contributed by atoms with Crippen LogP contribution in [0.3, 0.4) is 0 Å². The highest BCUT2D eigenvalue weighted by molar-refractivity contribution is 7.19. The molecule has 0 spiro atoms. The van der Waals surface area contributed by atoms with Crippen LogP contribution < -0.4 is 14.2 Å². The number of fused-ring (bicyclic) bond motifs is 1. The standard InChI is InChI=1S/C20H18N4O3S/c1-3-11-26-17-6-4-5-14(12-17)19-23-24-18(21-22-20(24)28-19)13-27-16-9-7-15(25-2)8-10-16/h3-10,12H,1,11,13H2,2H3. The predicted octanol–water partition coefficient (Wildman–Crippen LogP) is 4.01. The van der Waals surface area contributed by atoms with Gasteiger partial charge in [-0.1, -0.05) is 36.1 Å². The van der Waals surface area contributed by atoms with Gasteiger partial charge in [0.25, 0.3) is 0 Å². The number of ether oxygens (including phenoxy) is 3. The van der Waals surface area contributed by atoms with Crippen molar-refractivity contribution in [2.45, 2.75) is 6.61 Å². The summed E-state index contributed by atoms with van der Waals surface area (Å²) in [4.78, 5) is 0.709. The molecule has 0 bridgehead atoms. The summed E-state index contributed by atoms with van der Waals surface area (Å²) in [6.07, 6.45) is 1.71. The van der Waals surface area contributed by atoms with Gasteiger partial charge in [0.1, 0.15) is 35.5 Å². The molecule has 2 heterocycles. The average molecular weight is 394 g/mol. The minimum Gasteiger partial charge on any atom is -0.497 e. The maximum atomic E-state index is 5.79. The summed E-state index contributed by atoms with van der Waals surface area (Å²) in [5.41, 5.74) is 0.957. The lowest BCUT2D eigenvalue weighted by Crippen LogP contribution is -2.02. The highest BCUT2D eigenvalue weighted by atomic mass is 32.1. The molecule has 0 aliphatic rings. The van der Waals surface area contributed by atoms with Gasteiger partial charge >= 0.3 is 0 Å². The molecule has 0 saturated heterocycles. The molecule has 0 amide bonds. The summed E-state index contributed by atoms with van der Waals surface area (Å²) < 4.78 is 18.2. The van der Waals surface area contributed by atoms with Crippen LogP contribution >= 0.6 is 11.3 Å². The molecule has 0 fully saturated rings. The summed E-state index contributed by atoms with van der Waals surface area (Å²) in [6.45, 7) is 4.39. The third-order valence-corrected chi connectivity index (χ3v) is 4.88. The number of methoxy groups -OCH3 is 1. The average Bonchev–Trinajstić information content (AvgIpc) is 3.32. The second-order valence-electron chi connectivity index (χ2n) is 5.81. The number of benzene rings is 2. The SMILES string of the molecule is C=CCOc1cccc(-c2nn3c(COc4ccc(OC)cc4)nnc3s2)c1. The Labute approximate surface area is 165 Å². The number of hydrogen-bond donors (Lipinski definition) is 0. The first-order valence-corrected chi connectivity index (χ1v) is 9.40. The van der Waals surface area contributed by atoms with E-state index in [2.05, 4.69) is 21.9 Å². The second kappa shape index (κ2) is 8.10. The predicted molar refractivity (Wildman–Crippen MR) is 107 cm³/mol. The molecular formula is C20H18N4O3S. The van der Waals surface area contributed by atoms with E-state index in [9.17, 15) is 0 Å². The molecule has 4 aromatic rings. The Morgan fingerprint density at radius 3 is 2.64 bits per heavy atom. The van der Waals surface area contributed by atoms with Gasteiger partial charge in [0.15, 0.2) is 5.82 Å². The lowest BCUT2D eigenvalue weighted by Gasteiger charge is -2.05. The van der Waals surface area contributed by atoms with Crippen molar-refractivity contribution in [2.75, 3.05) is 13.7 Å². The van der Waals surface area contributed by atoms with Crippen LogP contribution in [0.5, 0.6) is 17.2 Å². The summed E-state index contributed by atoms with van der Waals surface area (Å²) in [6, 6.07) is 15.2. The van der Waals surface area contributed by atoms with Crippen LogP contribution in [0.1, 0.15) is 5.82 Å². The summed E-state index contributed by atoms with van der Waals surface area (Å²) in [5, 5.41) is 13.8. The second-order valence-corrected chi connectivity index (χ2v) is 6.77. The number of aromatic nitrogens is 4. The minimum atomic E-state index is 0.263. The summed E-state index contributed by atoms with van der Waals surface area (Å²) >= 11 is 1.46. The number of hydrogen-bond acceptors (Lipinski definition) is 7. The van der Waals surface area contributed by atoms with Crippen LogP contribution in [0.25, 0.3) is 15.5 Å². The lowest BCUT2D eigenvalue weighted by atomic mass is 10.2. The third-order valence-electron chi connectivity index (χ3n) is 3.93. The highest BCUT2D eigenvalue weighted by Gasteiger charge is 2.14. The zero-order valence-electron chi connectivity index (χ0n) is 15.2. The maximum absolute atomic E-state index is 5.79. The molecule has 0 atom stereocenters. The van der Waals surface area contributed by atoms with Crippen molar-refractivity contribution >= 4 is 16.3 Å². The molecule has 4 rings (SSSR count). The van der Waals surface area contributed by atoms with E-state index in [1.807, 2.05) is 48.5 Å². The lowest BCUT2D eigenvalue weighted by molar-refractivity contribution is 0.292. The van der Waals surface area contributed by atoms with Crippen molar-refractivity contribution in [3.05, 3.63) is 67.0 Å². The first-order valence-electron chi connectivity index (χ1n) is 8.59. The van der Waals surface area contributed by atoms with E-state index in [0.29, 0.717) is 17.4 Å². The van der Waals surface area contributed by atoms with E-state index in [4.69, 9.17) is 14.2 Å². The molecule has 0 N–H and O–H groups in total. The highest BCUT2D eigenvalue weighted by Crippen LogP contribution is 2.28. The van der Waals surface area contributed by atoms with Crippen LogP contribution in [0, 0.1) is 0 Å².